The summed E-state index contributed by atoms with van der Waals surface area (Å²) in [5.74, 6) is -2.10. The van der Waals surface area contributed by atoms with Crippen molar-refractivity contribution in [1.29, 1.82) is 0 Å². The van der Waals surface area contributed by atoms with Crippen molar-refractivity contribution in [3.8, 4) is 0 Å². The number of hydrogen-bond acceptors (Lipinski definition) is 11. The van der Waals surface area contributed by atoms with Gasteiger partial charge in [-0.2, -0.15) is 0 Å². The predicted molar refractivity (Wildman–Crippen MR) is 140 cm³/mol. The molecule has 212 valence electrons. The number of alkyl halides is 1. The summed E-state index contributed by atoms with van der Waals surface area (Å²) in [7, 11) is -4.21. The molecule has 0 radical (unpaired) electrons. The number of phosphoric ester groups is 1. The number of carbonyl (C=O) groups excluding carboxylic acids is 3. The van der Waals surface area contributed by atoms with Gasteiger partial charge in [-0.25, -0.2) is 4.57 Å². The first-order chi connectivity index (χ1) is 18.6. The Morgan fingerprint density at radius 1 is 0.718 bits per heavy atom. The van der Waals surface area contributed by atoms with Crippen molar-refractivity contribution in [2.45, 2.75) is 63.4 Å². The topological polar surface area (TPSA) is 133 Å². The van der Waals surface area contributed by atoms with Gasteiger partial charge in [0.1, 0.15) is 6.10 Å². The van der Waals surface area contributed by atoms with Gasteiger partial charge in [-0.1, -0.05) is 76.6 Å². The first-order valence-corrected chi connectivity index (χ1v) is 14.4. The average Bonchev–Trinajstić information content (AvgIpc) is 2.90. The molecule has 2 aromatic carbocycles. The van der Waals surface area contributed by atoms with Crippen molar-refractivity contribution in [3.63, 3.8) is 0 Å². The SMILES string of the molecule is CC(=O)OC1[C@@H](OC(C)=O)[C@H](OC(C)=O)C(COP(=O)(OCc2ccccc2)OCc2ccccc2)O[C@@H]1Br. The Morgan fingerprint density at radius 2 is 1.15 bits per heavy atom. The van der Waals surface area contributed by atoms with Gasteiger partial charge in [0.2, 0.25) is 0 Å². The Bertz CT molecular complexity index is 1100. The quantitative estimate of drug-likeness (QED) is 0.143. The van der Waals surface area contributed by atoms with E-state index in [0.717, 1.165) is 25.0 Å². The largest absolute Gasteiger partial charge is 0.475 e. The lowest BCUT2D eigenvalue weighted by Crippen LogP contribution is -2.60. The van der Waals surface area contributed by atoms with Crippen molar-refractivity contribution in [3.05, 3.63) is 71.8 Å². The summed E-state index contributed by atoms with van der Waals surface area (Å²) >= 11 is 3.27. The second kappa shape index (κ2) is 14.7. The summed E-state index contributed by atoms with van der Waals surface area (Å²) in [4.78, 5) is 35.5. The second-order valence-electron chi connectivity index (χ2n) is 8.51. The van der Waals surface area contributed by atoms with Gasteiger partial charge in [0.05, 0.1) is 19.8 Å². The number of hydrogen-bond donors (Lipinski definition) is 0. The summed E-state index contributed by atoms with van der Waals surface area (Å²) < 4.78 is 52.5. The summed E-state index contributed by atoms with van der Waals surface area (Å²) in [6.07, 6.45) is -4.80. The van der Waals surface area contributed by atoms with Crippen molar-refractivity contribution in [2.24, 2.45) is 0 Å². The maximum absolute atomic E-state index is 13.7. The molecule has 0 bridgehead atoms. The number of carbonyl (C=O) groups is 3. The highest BCUT2D eigenvalue weighted by Crippen LogP contribution is 2.51. The summed E-state index contributed by atoms with van der Waals surface area (Å²) in [6, 6.07) is 18.0. The molecule has 2 unspecified atom stereocenters. The molecule has 1 aliphatic heterocycles. The first kappa shape index (κ1) is 30.9. The predicted octanol–water partition coefficient (Wildman–Crippen LogP) is 4.46. The molecule has 0 amide bonds. The number of phosphoric acid groups is 1. The minimum absolute atomic E-state index is 0.0720. The molecule has 0 saturated carbocycles. The molecule has 1 fully saturated rings. The van der Waals surface area contributed by atoms with Crippen molar-refractivity contribution in [2.75, 3.05) is 6.61 Å². The fourth-order valence-corrected chi connectivity index (χ4v) is 5.56. The highest BCUT2D eigenvalue weighted by molar-refractivity contribution is 9.09. The van der Waals surface area contributed by atoms with Gasteiger partial charge in [0.25, 0.3) is 0 Å². The summed E-state index contributed by atoms with van der Waals surface area (Å²) in [5, 5.41) is -0.985. The van der Waals surface area contributed by atoms with Crippen molar-refractivity contribution in [1.82, 2.24) is 0 Å². The van der Waals surface area contributed by atoms with E-state index in [1.807, 2.05) is 12.1 Å². The van der Waals surface area contributed by atoms with E-state index in [1.165, 1.54) is 6.92 Å². The van der Waals surface area contributed by atoms with E-state index < -0.39 is 61.8 Å². The standard InChI is InChI=1S/C26H30BrO11P/c1-17(28)35-23-22(38-26(27)25(37-19(3)30)24(23)36-18(2)29)16-34-39(31,32-14-20-10-6-4-7-11-20)33-15-21-12-8-5-9-13-21/h4-13,22-26H,14-16H2,1-3H3/t22?,23-,24+,25?,26+/m1/s1. The molecule has 0 N–H and O–H groups in total. The van der Waals surface area contributed by atoms with Gasteiger partial charge >= 0.3 is 25.7 Å². The monoisotopic (exact) mass is 628 g/mol. The van der Waals surface area contributed by atoms with Crippen LogP contribution in [0.3, 0.4) is 0 Å². The second-order valence-corrected chi connectivity index (χ2v) is 11.1. The zero-order valence-corrected chi connectivity index (χ0v) is 24.1. The Hall–Kier alpha value is -2.60. The molecule has 0 spiro atoms. The van der Waals surface area contributed by atoms with E-state index >= 15 is 0 Å². The smallest absolute Gasteiger partial charge is 0.456 e. The van der Waals surface area contributed by atoms with Crippen LogP contribution in [-0.4, -0.2) is 53.9 Å². The Balaban J connectivity index is 1.81. The third kappa shape index (κ3) is 9.82. The molecule has 11 nitrogen and oxygen atoms in total. The van der Waals surface area contributed by atoms with E-state index in [2.05, 4.69) is 15.9 Å². The average molecular weight is 629 g/mol. The third-order valence-corrected chi connectivity index (χ3v) is 7.44. The number of halogens is 1. The van der Waals surface area contributed by atoms with E-state index in [1.54, 1.807) is 48.5 Å². The molecule has 39 heavy (non-hydrogen) atoms. The molecule has 5 atom stereocenters. The Labute approximate surface area is 234 Å². The van der Waals surface area contributed by atoms with Crippen LogP contribution in [0.25, 0.3) is 0 Å². The molecular formula is C26H30BrO11P. The van der Waals surface area contributed by atoms with Gasteiger partial charge in [-0.15, -0.1) is 0 Å². The maximum atomic E-state index is 13.7. The number of benzene rings is 2. The van der Waals surface area contributed by atoms with Crippen LogP contribution >= 0.6 is 23.8 Å². The lowest BCUT2D eigenvalue weighted by Gasteiger charge is -2.42. The van der Waals surface area contributed by atoms with E-state index in [4.69, 9.17) is 32.5 Å². The lowest BCUT2D eigenvalue weighted by atomic mass is 9.99. The zero-order chi connectivity index (χ0) is 28.4. The van der Waals surface area contributed by atoms with E-state index in [-0.39, 0.29) is 13.2 Å². The van der Waals surface area contributed by atoms with E-state index in [0.29, 0.717) is 0 Å². The van der Waals surface area contributed by atoms with Crippen LogP contribution in [-0.2, 0) is 64.7 Å². The first-order valence-electron chi connectivity index (χ1n) is 12.0. The Morgan fingerprint density at radius 3 is 1.62 bits per heavy atom. The molecule has 2 aromatic rings. The minimum atomic E-state index is -4.21. The van der Waals surface area contributed by atoms with Crippen molar-refractivity contribution >= 4 is 41.7 Å². The third-order valence-electron chi connectivity index (χ3n) is 5.34. The lowest BCUT2D eigenvalue weighted by molar-refractivity contribution is -0.234. The normalized spacial score (nSPS) is 23.0. The van der Waals surface area contributed by atoms with Crippen LogP contribution in [0, 0.1) is 0 Å². The fraction of sp³-hybridized carbons (Fsp3) is 0.423. The van der Waals surface area contributed by atoms with Gasteiger partial charge in [-0.3, -0.25) is 28.0 Å². The fourth-order valence-electron chi connectivity index (χ4n) is 3.71. The number of rotatable bonds is 12. The highest BCUT2D eigenvalue weighted by atomic mass is 79.9. The van der Waals surface area contributed by atoms with Gasteiger partial charge in [0, 0.05) is 20.8 Å². The molecule has 1 aliphatic rings. The van der Waals surface area contributed by atoms with Crippen LogP contribution < -0.4 is 0 Å². The van der Waals surface area contributed by atoms with Crippen LogP contribution in [0.5, 0.6) is 0 Å². The van der Waals surface area contributed by atoms with Crippen LogP contribution in [0.4, 0.5) is 0 Å². The summed E-state index contributed by atoms with van der Waals surface area (Å²) in [5.41, 5.74) is 1.46. The van der Waals surface area contributed by atoms with Crippen LogP contribution in [0.15, 0.2) is 60.7 Å². The van der Waals surface area contributed by atoms with Crippen molar-refractivity contribution < 1.29 is 51.5 Å². The molecule has 0 aromatic heterocycles. The number of ether oxygens (including phenoxy) is 4. The molecule has 0 aliphatic carbocycles. The zero-order valence-electron chi connectivity index (χ0n) is 21.6. The highest BCUT2D eigenvalue weighted by Gasteiger charge is 2.51. The molecule has 13 heteroatoms. The summed E-state index contributed by atoms with van der Waals surface area (Å²) in [6.45, 7) is 2.88. The van der Waals surface area contributed by atoms with Gasteiger partial charge in [0.15, 0.2) is 23.3 Å². The maximum Gasteiger partial charge on any atom is 0.475 e. The van der Waals surface area contributed by atoms with Crippen LogP contribution in [0.2, 0.25) is 0 Å². The van der Waals surface area contributed by atoms with Gasteiger partial charge < -0.3 is 18.9 Å². The molecule has 1 saturated heterocycles. The van der Waals surface area contributed by atoms with Gasteiger partial charge in [-0.05, 0) is 11.1 Å². The molecular weight excluding hydrogens is 599 g/mol. The molecule has 1 heterocycles. The minimum Gasteiger partial charge on any atom is -0.456 e. The van der Waals surface area contributed by atoms with Crippen LogP contribution in [0.1, 0.15) is 31.9 Å². The molecule has 3 rings (SSSR count). The van der Waals surface area contributed by atoms with E-state index in [9.17, 15) is 18.9 Å². The number of esters is 3. The Kier molecular flexibility index (Phi) is 11.7.